The summed E-state index contributed by atoms with van der Waals surface area (Å²) in [6.07, 6.45) is 1.28. The van der Waals surface area contributed by atoms with Crippen LogP contribution >= 0.6 is 0 Å². The summed E-state index contributed by atoms with van der Waals surface area (Å²) < 4.78 is 21.1. The van der Waals surface area contributed by atoms with Gasteiger partial charge < -0.3 is 33.6 Å². The van der Waals surface area contributed by atoms with Crippen LogP contribution in [0.3, 0.4) is 0 Å². The Morgan fingerprint density at radius 1 is 1.24 bits per heavy atom. The Kier molecular flexibility index (Phi) is 6.35. The Morgan fingerprint density at radius 2 is 2.06 bits per heavy atom. The van der Waals surface area contributed by atoms with E-state index in [4.69, 9.17) is 18.1 Å². The van der Waals surface area contributed by atoms with Gasteiger partial charge in [-0.15, -0.1) is 0 Å². The molecule has 3 aromatic heterocycles. The van der Waals surface area contributed by atoms with Gasteiger partial charge in [0.05, 0.1) is 25.8 Å². The number of nitrogens with zero attached hydrogens (tertiary/aromatic N) is 2. The molecule has 0 saturated heterocycles. The number of aryl methyl sites for hydroxylation is 1. The summed E-state index contributed by atoms with van der Waals surface area (Å²) in [5, 5.41) is 26.8. The minimum absolute atomic E-state index is 0.0537. The van der Waals surface area contributed by atoms with Gasteiger partial charge in [0.1, 0.15) is 5.76 Å². The molecule has 0 unspecified atom stereocenters. The highest BCUT2D eigenvalue weighted by Gasteiger charge is 2.27. The van der Waals surface area contributed by atoms with Crippen LogP contribution in [-0.4, -0.2) is 33.4 Å². The van der Waals surface area contributed by atoms with Gasteiger partial charge in [0, 0.05) is 12.5 Å². The number of furan rings is 1. The number of carbonyl (C=O) groups is 1. The molecular formula is C23H21N3O8. The molecule has 4 aromatic rings. The minimum atomic E-state index is -0.858. The Bertz CT molecular complexity index is 1360. The quantitative estimate of drug-likeness (QED) is 0.351. The van der Waals surface area contributed by atoms with Crippen molar-refractivity contribution >= 4 is 5.91 Å². The van der Waals surface area contributed by atoms with E-state index in [9.17, 15) is 19.8 Å². The van der Waals surface area contributed by atoms with E-state index in [1.165, 1.54) is 25.5 Å². The van der Waals surface area contributed by atoms with Crippen LogP contribution in [0.2, 0.25) is 0 Å². The van der Waals surface area contributed by atoms with Gasteiger partial charge in [-0.3, -0.25) is 9.59 Å². The summed E-state index contributed by atoms with van der Waals surface area (Å²) in [4.78, 5) is 29.1. The monoisotopic (exact) mass is 467 g/mol. The highest BCUT2D eigenvalue weighted by Crippen LogP contribution is 2.37. The number of methoxy groups -OCH3 is 1. The first-order valence-electron chi connectivity index (χ1n) is 10.2. The van der Waals surface area contributed by atoms with E-state index in [0.717, 1.165) is 6.07 Å². The van der Waals surface area contributed by atoms with Crippen LogP contribution in [0.4, 0.5) is 0 Å². The first kappa shape index (κ1) is 22.6. The third-order valence-corrected chi connectivity index (χ3v) is 5.03. The van der Waals surface area contributed by atoms with Crippen molar-refractivity contribution in [1.29, 1.82) is 0 Å². The van der Waals surface area contributed by atoms with Crippen LogP contribution in [0.1, 0.15) is 35.3 Å². The van der Waals surface area contributed by atoms with Crippen molar-refractivity contribution in [1.82, 2.24) is 15.5 Å². The topological polar surface area (TPSA) is 161 Å². The SMILES string of the molecule is COc1cc([C@H](CC(=O)NCc2nc(-c3ccco3)no2)c2oc(C)cc(=O)c2O)ccc1O. The molecule has 11 nitrogen and oxygen atoms in total. The van der Waals surface area contributed by atoms with Crippen LogP contribution in [0.25, 0.3) is 11.6 Å². The zero-order chi connectivity index (χ0) is 24.2. The molecule has 3 heterocycles. The average molecular weight is 467 g/mol. The Hall–Kier alpha value is -4.54. The summed E-state index contributed by atoms with van der Waals surface area (Å²) in [5.41, 5.74) is -0.155. The predicted molar refractivity (Wildman–Crippen MR) is 116 cm³/mol. The molecule has 0 fully saturated rings. The van der Waals surface area contributed by atoms with E-state index in [0.29, 0.717) is 11.3 Å². The number of amides is 1. The van der Waals surface area contributed by atoms with Crippen molar-refractivity contribution in [3.05, 3.63) is 75.9 Å². The van der Waals surface area contributed by atoms with Gasteiger partial charge in [0.15, 0.2) is 23.0 Å². The highest BCUT2D eigenvalue weighted by molar-refractivity contribution is 5.77. The summed E-state index contributed by atoms with van der Waals surface area (Å²) in [6.45, 7) is 1.51. The van der Waals surface area contributed by atoms with E-state index < -0.39 is 23.0 Å². The van der Waals surface area contributed by atoms with Crippen molar-refractivity contribution in [2.75, 3.05) is 7.11 Å². The fourth-order valence-corrected chi connectivity index (χ4v) is 3.40. The van der Waals surface area contributed by atoms with Gasteiger partial charge in [0.25, 0.3) is 0 Å². The highest BCUT2D eigenvalue weighted by atomic mass is 16.5. The molecule has 11 heteroatoms. The molecule has 1 atom stereocenters. The minimum Gasteiger partial charge on any atom is -0.504 e. The second-order valence-corrected chi connectivity index (χ2v) is 7.39. The van der Waals surface area contributed by atoms with Gasteiger partial charge in [-0.1, -0.05) is 11.2 Å². The van der Waals surface area contributed by atoms with E-state index >= 15 is 0 Å². The second kappa shape index (κ2) is 9.53. The zero-order valence-corrected chi connectivity index (χ0v) is 18.3. The maximum atomic E-state index is 12.8. The molecular weight excluding hydrogens is 446 g/mol. The molecule has 4 rings (SSSR count). The van der Waals surface area contributed by atoms with Crippen molar-refractivity contribution in [3.63, 3.8) is 0 Å². The summed E-state index contributed by atoms with van der Waals surface area (Å²) in [7, 11) is 1.38. The van der Waals surface area contributed by atoms with Crippen LogP contribution in [-0.2, 0) is 11.3 Å². The molecule has 0 saturated carbocycles. The lowest BCUT2D eigenvalue weighted by Gasteiger charge is -2.18. The van der Waals surface area contributed by atoms with Gasteiger partial charge >= 0.3 is 0 Å². The maximum Gasteiger partial charge on any atom is 0.246 e. The number of phenols is 1. The molecule has 176 valence electrons. The number of hydrogen-bond donors (Lipinski definition) is 3. The number of aromatic nitrogens is 2. The molecule has 0 aliphatic carbocycles. The number of hydrogen-bond acceptors (Lipinski definition) is 10. The van der Waals surface area contributed by atoms with E-state index in [-0.39, 0.29) is 47.7 Å². The number of nitrogens with one attached hydrogen (secondary N) is 1. The first-order valence-corrected chi connectivity index (χ1v) is 10.2. The normalized spacial score (nSPS) is 11.8. The molecule has 0 radical (unpaired) electrons. The van der Waals surface area contributed by atoms with Gasteiger partial charge in [-0.2, -0.15) is 4.98 Å². The van der Waals surface area contributed by atoms with Gasteiger partial charge in [-0.25, -0.2) is 0 Å². The van der Waals surface area contributed by atoms with Crippen LogP contribution in [0.15, 0.2) is 60.8 Å². The van der Waals surface area contributed by atoms with Crippen LogP contribution in [0, 0.1) is 6.92 Å². The molecule has 34 heavy (non-hydrogen) atoms. The van der Waals surface area contributed by atoms with Gasteiger partial charge in [-0.05, 0) is 36.8 Å². The molecule has 0 bridgehead atoms. The maximum absolute atomic E-state index is 12.8. The second-order valence-electron chi connectivity index (χ2n) is 7.39. The Balaban J connectivity index is 1.57. The number of phenolic OH excluding ortho intramolecular Hbond substituents is 1. The number of ether oxygens (including phenoxy) is 1. The zero-order valence-electron chi connectivity index (χ0n) is 18.3. The molecule has 1 amide bonds. The van der Waals surface area contributed by atoms with Crippen molar-refractivity contribution in [2.24, 2.45) is 0 Å². The van der Waals surface area contributed by atoms with Crippen LogP contribution < -0.4 is 15.5 Å². The first-order chi connectivity index (χ1) is 16.4. The molecule has 1 aromatic carbocycles. The third-order valence-electron chi connectivity index (χ3n) is 5.03. The van der Waals surface area contributed by atoms with Crippen molar-refractivity contribution in [2.45, 2.75) is 25.8 Å². The largest absolute Gasteiger partial charge is 0.504 e. The fourth-order valence-electron chi connectivity index (χ4n) is 3.40. The van der Waals surface area contributed by atoms with E-state index in [1.54, 1.807) is 25.1 Å². The van der Waals surface area contributed by atoms with Crippen LogP contribution in [0.5, 0.6) is 17.2 Å². The molecule has 0 spiro atoms. The molecule has 3 N–H and O–H groups in total. The lowest BCUT2D eigenvalue weighted by atomic mass is 9.91. The number of aromatic hydroxyl groups is 2. The lowest BCUT2D eigenvalue weighted by molar-refractivity contribution is -0.121. The average Bonchev–Trinajstić information content (AvgIpc) is 3.51. The standard InChI is InChI=1S/C23H21N3O8/c1-12-8-16(28)21(30)22(33-12)14(13-5-6-15(27)18(9-13)31-2)10-19(29)24-11-20-25-23(26-34-20)17-4-3-7-32-17/h3-9,14,27,30H,10-11H2,1-2H3,(H,24,29)/t14-/m0/s1. The summed E-state index contributed by atoms with van der Waals surface area (Å²) >= 11 is 0. The van der Waals surface area contributed by atoms with E-state index in [1.807, 2.05) is 0 Å². The number of carbonyl (C=O) groups excluding carboxylic acids is 1. The summed E-state index contributed by atoms with van der Waals surface area (Å²) in [6, 6.07) is 8.95. The fraction of sp³-hybridized carbons (Fsp3) is 0.217. The van der Waals surface area contributed by atoms with Crippen molar-refractivity contribution < 1.29 is 33.1 Å². The van der Waals surface area contributed by atoms with Crippen molar-refractivity contribution in [3.8, 4) is 28.8 Å². The number of benzene rings is 1. The Morgan fingerprint density at radius 3 is 2.79 bits per heavy atom. The smallest absolute Gasteiger partial charge is 0.246 e. The summed E-state index contributed by atoms with van der Waals surface area (Å²) in [5.74, 6) is -0.829. The van der Waals surface area contributed by atoms with Gasteiger partial charge in [0.2, 0.25) is 28.8 Å². The predicted octanol–water partition coefficient (Wildman–Crippen LogP) is 2.85. The number of rotatable bonds is 8. The lowest BCUT2D eigenvalue weighted by Crippen LogP contribution is -2.25. The third kappa shape index (κ3) is 4.77. The van der Waals surface area contributed by atoms with E-state index in [2.05, 4.69) is 15.5 Å². The molecule has 0 aliphatic heterocycles. The Labute approximate surface area is 192 Å². The molecule has 0 aliphatic rings.